The summed E-state index contributed by atoms with van der Waals surface area (Å²) in [5.41, 5.74) is 4.69. The van der Waals surface area contributed by atoms with Crippen molar-refractivity contribution >= 4 is 0 Å². The fourth-order valence-electron chi connectivity index (χ4n) is 1.34. The molecule has 0 nitrogen and oxygen atoms in total. The van der Waals surface area contributed by atoms with Gasteiger partial charge < -0.3 is 0 Å². The van der Waals surface area contributed by atoms with Gasteiger partial charge in [0.2, 0.25) is 0 Å². The van der Waals surface area contributed by atoms with Gasteiger partial charge in [0, 0.05) is 0 Å². The molecule has 0 heterocycles. The van der Waals surface area contributed by atoms with Crippen molar-refractivity contribution in [2.24, 2.45) is 0 Å². The molecule has 74 valence electrons. The molecule has 0 aromatic heterocycles. The Bertz CT molecular complexity index is 369. The van der Waals surface area contributed by atoms with Crippen molar-refractivity contribution in [2.45, 2.75) is 13.8 Å². The van der Waals surface area contributed by atoms with Crippen molar-refractivity contribution in [1.82, 2.24) is 0 Å². The van der Waals surface area contributed by atoms with Crippen LogP contribution >= 0.6 is 0 Å². The fourth-order valence-corrected chi connectivity index (χ4v) is 1.34. The fraction of sp³-hybridized carbons (Fsp3) is 0.143. The molecule has 0 aliphatic rings. The van der Waals surface area contributed by atoms with Crippen molar-refractivity contribution in [2.75, 3.05) is 0 Å². The number of hydrogen-bond donors (Lipinski definition) is 0. The third-order valence-electron chi connectivity index (χ3n) is 2.23. The van der Waals surface area contributed by atoms with Crippen LogP contribution in [0, 0.1) is 26.0 Å². The Kier molecular flexibility index (Phi) is 4.29. The van der Waals surface area contributed by atoms with Gasteiger partial charge >= 0.3 is 21.1 Å². The van der Waals surface area contributed by atoms with Gasteiger partial charge in [-0.2, -0.15) is 48.5 Å². The number of aryl methyl sites for hydroxylation is 2. The van der Waals surface area contributed by atoms with E-state index in [1.165, 1.54) is 11.1 Å². The Hall–Kier alpha value is -0.872. The van der Waals surface area contributed by atoms with Crippen LogP contribution < -0.4 is 0 Å². The molecule has 2 aromatic carbocycles. The van der Waals surface area contributed by atoms with Gasteiger partial charge in [-0.3, -0.25) is 0 Å². The zero-order valence-electron chi connectivity index (χ0n) is 8.87. The smallest absolute Gasteiger partial charge is 0.226 e. The molecular formula is C14H12W. The van der Waals surface area contributed by atoms with Gasteiger partial charge in [0.05, 0.1) is 0 Å². The molecule has 0 unspecified atom stereocenters. The van der Waals surface area contributed by atoms with Crippen molar-refractivity contribution in [3.63, 3.8) is 0 Å². The number of hydrogen-bond acceptors (Lipinski definition) is 0. The van der Waals surface area contributed by atoms with E-state index in [2.05, 4.69) is 50.2 Å². The Balaban J connectivity index is 0.00000112. The Morgan fingerprint density at radius 1 is 0.733 bits per heavy atom. The van der Waals surface area contributed by atoms with Crippen LogP contribution in [-0.4, -0.2) is 0 Å². The second kappa shape index (κ2) is 5.28. The van der Waals surface area contributed by atoms with Gasteiger partial charge in [0.15, 0.2) is 0 Å². The first-order valence-electron chi connectivity index (χ1n) is 4.73. The van der Waals surface area contributed by atoms with Crippen LogP contribution in [0.5, 0.6) is 0 Å². The first-order valence-corrected chi connectivity index (χ1v) is 4.73. The normalized spacial score (nSPS) is 9.47. The Labute approximate surface area is 106 Å². The van der Waals surface area contributed by atoms with E-state index in [9.17, 15) is 0 Å². The maximum atomic E-state index is 3.24. The summed E-state index contributed by atoms with van der Waals surface area (Å²) in [5, 5.41) is 0. The average molecular weight is 364 g/mol. The molecule has 0 atom stereocenters. The van der Waals surface area contributed by atoms with Gasteiger partial charge in [0.1, 0.15) is 0 Å². The maximum Gasteiger partial charge on any atom is 2.00 e. The molecule has 0 spiro atoms. The van der Waals surface area contributed by atoms with Crippen molar-refractivity contribution in [3.8, 4) is 11.1 Å². The van der Waals surface area contributed by atoms with Crippen molar-refractivity contribution in [3.05, 3.63) is 59.7 Å². The predicted octanol–water partition coefficient (Wildman–Crippen LogP) is 3.57. The minimum absolute atomic E-state index is 0. The van der Waals surface area contributed by atoms with Crippen LogP contribution in [-0.2, 0) is 21.1 Å². The van der Waals surface area contributed by atoms with Gasteiger partial charge in [-0.05, 0) is 0 Å². The van der Waals surface area contributed by atoms with Gasteiger partial charge in [-0.1, -0.05) is 13.8 Å². The molecule has 0 fully saturated rings. The molecule has 0 saturated carbocycles. The summed E-state index contributed by atoms with van der Waals surface area (Å²) in [6.45, 7) is 4.14. The molecule has 0 radical (unpaired) electrons. The second-order valence-corrected chi connectivity index (χ2v) is 3.56. The summed E-state index contributed by atoms with van der Waals surface area (Å²) < 4.78 is 0. The van der Waals surface area contributed by atoms with Crippen LogP contribution in [0.1, 0.15) is 11.1 Å². The number of rotatable bonds is 1. The van der Waals surface area contributed by atoms with E-state index < -0.39 is 0 Å². The molecule has 0 aliphatic carbocycles. The number of benzene rings is 2. The van der Waals surface area contributed by atoms with E-state index >= 15 is 0 Å². The van der Waals surface area contributed by atoms with E-state index in [0.29, 0.717) is 0 Å². The summed E-state index contributed by atoms with van der Waals surface area (Å²) >= 11 is 0. The Morgan fingerprint density at radius 3 is 1.40 bits per heavy atom. The molecule has 0 bridgehead atoms. The van der Waals surface area contributed by atoms with E-state index in [4.69, 9.17) is 0 Å². The summed E-state index contributed by atoms with van der Waals surface area (Å²) in [7, 11) is 0. The monoisotopic (exact) mass is 364 g/mol. The molecule has 0 N–H and O–H groups in total. The van der Waals surface area contributed by atoms with Crippen LogP contribution in [0.2, 0.25) is 0 Å². The molecule has 15 heavy (non-hydrogen) atoms. The van der Waals surface area contributed by atoms with Gasteiger partial charge in [-0.25, -0.2) is 11.1 Å². The third kappa shape index (κ3) is 3.04. The summed E-state index contributed by atoms with van der Waals surface area (Å²) in [4.78, 5) is 0. The molecule has 2 rings (SSSR count). The van der Waals surface area contributed by atoms with Crippen molar-refractivity contribution < 1.29 is 21.1 Å². The Morgan fingerprint density at radius 2 is 1.13 bits per heavy atom. The van der Waals surface area contributed by atoms with Gasteiger partial charge in [0.25, 0.3) is 0 Å². The molecule has 0 amide bonds. The average Bonchev–Trinajstić information content (AvgIpc) is 2.21. The summed E-state index contributed by atoms with van der Waals surface area (Å²) in [6, 6.07) is 18.8. The second-order valence-electron chi connectivity index (χ2n) is 3.56. The summed E-state index contributed by atoms with van der Waals surface area (Å²) in [5.74, 6) is 0. The SMILES string of the molecule is Cc1c[c-]c(-c2[c-]cc(C)cc2)cc1.[W+2]. The van der Waals surface area contributed by atoms with Crippen LogP contribution in [0.3, 0.4) is 0 Å². The minimum atomic E-state index is 0. The zero-order chi connectivity index (χ0) is 9.97. The minimum Gasteiger partial charge on any atom is -0.226 e. The van der Waals surface area contributed by atoms with Crippen LogP contribution in [0.25, 0.3) is 11.1 Å². The molecule has 1 heteroatoms. The van der Waals surface area contributed by atoms with E-state index in [-0.39, 0.29) is 21.1 Å². The molecule has 0 saturated heterocycles. The molecule has 2 aromatic rings. The van der Waals surface area contributed by atoms with E-state index in [1.54, 1.807) is 0 Å². The van der Waals surface area contributed by atoms with Crippen molar-refractivity contribution in [1.29, 1.82) is 0 Å². The maximum absolute atomic E-state index is 3.24. The standard InChI is InChI=1S/C14H12.W/c1-11-3-7-13(8-4-11)14-9-5-12(2)6-10-14;/h3-7,9H,1-2H3;/q-2;+2. The first-order chi connectivity index (χ1) is 6.75. The molecule has 0 aliphatic heterocycles. The topological polar surface area (TPSA) is 0 Å². The third-order valence-corrected chi connectivity index (χ3v) is 2.23. The van der Waals surface area contributed by atoms with E-state index in [0.717, 1.165) is 11.1 Å². The molecular weight excluding hydrogens is 352 g/mol. The zero-order valence-corrected chi connectivity index (χ0v) is 11.8. The van der Waals surface area contributed by atoms with E-state index in [1.807, 2.05) is 12.1 Å². The van der Waals surface area contributed by atoms with Gasteiger partial charge in [-0.15, -0.1) is 11.1 Å². The predicted molar refractivity (Wildman–Crippen MR) is 59.0 cm³/mol. The van der Waals surface area contributed by atoms with Crippen LogP contribution in [0.15, 0.2) is 36.4 Å². The largest absolute Gasteiger partial charge is 2.00 e. The quantitative estimate of drug-likeness (QED) is 0.679. The van der Waals surface area contributed by atoms with Crippen LogP contribution in [0.4, 0.5) is 0 Å². The summed E-state index contributed by atoms with van der Waals surface area (Å²) in [6.07, 6.45) is 0. The first kappa shape index (κ1) is 12.2.